The van der Waals surface area contributed by atoms with Crippen molar-refractivity contribution in [3.63, 3.8) is 0 Å². The fraction of sp³-hybridized carbons (Fsp3) is 0.381. The summed E-state index contributed by atoms with van der Waals surface area (Å²) in [6, 6.07) is 6.36. The highest BCUT2D eigenvalue weighted by atomic mass is 35.5. The molecule has 0 saturated carbocycles. The van der Waals surface area contributed by atoms with Gasteiger partial charge in [0.25, 0.3) is 0 Å². The summed E-state index contributed by atoms with van der Waals surface area (Å²) in [5.41, 5.74) is 2.26. The SMILES string of the molecule is Cc1ccc(F)c(C(C)C(NS(=O)(=O)c2ccc(Cl)cc2N(C)CCO)c2nn[nH]n2)c1C. The fourth-order valence-corrected chi connectivity index (χ4v) is 5.40. The number of nitrogens with one attached hydrogen (secondary N) is 2. The number of aromatic amines is 1. The number of rotatable bonds is 9. The number of aliphatic hydroxyl groups excluding tert-OH is 1. The third-order valence-corrected chi connectivity index (χ3v) is 7.39. The lowest BCUT2D eigenvalue weighted by molar-refractivity contribution is 0.304. The van der Waals surface area contributed by atoms with Crippen molar-refractivity contribution in [2.75, 3.05) is 25.1 Å². The number of hydrogen-bond acceptors (Lipinski definition) is 7. The first-order valence-electron chi connectivity index (χ1n) is 10.2. The average molecular weight is 497 g/mol. The third-order valence-electron chi connectivity index (χ3n) is 5.67. The molecular weight excluding hydrogens is 471 g/mol. The van der Waals surface area contributed by atoms with Gasteiger partial charge in [-0.3, -0.25) is 0 Å². The molecule has 0 amide bonds. The molecule has 0 radical (unpaired) electrons. The maximum absolute atomic E-state index is 14.9. The van der Waals surface area contributed by atoms with Gasteiger partial charge in [0.1, 0.15) is 10.7 Å². The number of aliphatic hydroxyl groups is 1. The number of hydrogen-bond donors (Lipinski definition) is 3. The Balaban J connectivity index is 2.08. The van der Waals surface area contributed by atoms with Gasteiger partial charge in [-0.25, -0.2) is 12.8 Å². The molecule has 0 aliphatic rings. The molecule has 2 aromatic carbocycles. The van der Waals surface area contributed by atoms with Gasteiger partial charge in [-0.15, -0.1) is 10.2 Å². The molecule has 3 N–H and O–H groups in total. The standard InChI is InChI=1S/C21H26ClFN6O3S/c1-12-5-7-16(23)19(13(12)2)14(3)20(21-24-27-28-25-21)26-33(31,32)18-8-6-15(22)11-17(18)29(4)9-10-30/h5-8,11,14,20,26,30H,9-10H2,1-4H3,(H,24,25,27,28). The molecule has 1 heterocycles. The highest BCUT2D eigenvalue weighted by Gasteiger charge is 2.33. The zero-order valence-electron chi connectivity index (χ0n) is 18.7. The Hall–Kier alpha value is -2.60. The Morgan fingerprint density at radius 1 is 1.27 bits per heavy atom. The molecule has 2 atom stereocenters. The van der Waals surface area contributed by atoms with Gasteiger partial charge in [-0.1, -0.05) is 29.8 Å². The first-order valence-corrected chi connectivity index (χ1v) is 12.1. The molecule has 0 spiro atoms. The van der Waals surface area contributed by atoms with Crippen LogP contribution in [0.25, 0.3) is 0 Å². The van der Waals surface area contributed by atoms with E-state index in [1.54, 1.807) is 31.9 Å². The first kappa shape index (κ1) is 25.0. The molecule has 9 nitrogen and oxygen atoms in total. The van der Waals surface area contributed by atoms with E-state index < -0.39 is 27.8 Å². The van der Waals surface area contributed by atoms with Crippen LogP contribution in [-0.2, 0) is 10.0 Å². The Labute approximate surface area is 197 Å². The average Bonchev–Trinajstić information content (AvgIpc) is 3.29. The Morgan fingerprint density at radius 3 is 2.64 bits per heavy atom. The topological polar surface area (TPSA) is 124 Å². The minimum atomic E-state index is -4.16. The van der Waals surface area contributed by atoms with Crippen molar-refractivity contribution in [2.24, 2.45) is 0 Å². The van der Waals surface area contributed by atoms with E-state index in [4.69, 9.17) is 11.6 Å². The summed E-state index contributed by atoms with van der Waals surface area (Å²) in [6.45, 7) is 5.36. The number of aryl methyl sites for hydroxylation is 1. The lowest BCUT2D eigenvalue weighted by atomic mass is 9.88. The van der Waals surface area contributed by atoms with Crippen LogP contribution >= 0.6 is 11.6 Å². The number of sulfonamides is 1. The molecular formula is C21H26ClFN6O3S. The number of halogens is 2. The van der Waals surface area contributed by atoms with Crippen LogP contribution in [0.4, 0.5) is 10.1 Å². The second kappa shape index (κ2) is 10.1. The zero-order chi connectivity index (χ0) is 24.3. The van der Waals surface area contributed by atoms with Gasteiger partial charge in [0.15, 0.2) is 5.82 Å². The van der Waals surface area contributed by atoms with Crippen LogP contribution in [0.3, 0.4) is 0 Å². The smallest absolute Gasteiger partial charge is 0.243 e. The molecule has 12 heteroatoms. The zero-order valence-corrected chi connectivity index (χ0v) is 20.2. The van der Waals surface area contributed by atoms with Crippen LogP contribution in [0.5, 0.6) is 0 Å². The van der Waals surface area contributed by atoms with Crippen molar-refractivity contribution in [3.05, 3.63) is 63.7 Å². The van der Waals surface area contributed by atoms with Crippen molar-refractivity contribution >= 4 is 27.3 Å². The van der Waals surface area contributed by atoms with E-state index in [9.17, 15) is 17.9 Å². The van der Waals surface area contributed by atoms with Gasteiger partial charge < -0.3 is 10.0 Å². The number of aromatic nitrogens is 4. The van der Waals surface area contributed by atoms with Gasteiger partial charge in [0.2, 0.25) is 10.0 Å². The summed E-state index contributed by atoms with van der Waals surface area (Å²) in [5.74, 6) is -1.04. The largest absolute Gasteiger partial charge is 0.395 e. The second-order valence-electron chi connectivity index (χ2n) is 7.82. The number of nitrogens with zero attached hydrogens (tertiary/aromatic N) is 4. The molecule has 0 bridgehead atoms. The van der Waals surface area contributed by atoms with Gasteiger partial charge >= 0.3 is 0 Å². The quantitative estimate of drug-likeness (QED) is 0.416. The number of anilines is 1. The maximum Gasteiger partial charge on any atom is 0.243 e. The lowest BCUT2D eigenvalue weighted by Crippen LogP contribution is -2.34. The fourth-order valence-electron chi connectivity index (χ4n) is 3.73. The number of tetrazole rings is 1. The molecule has 0 aliphatic heterocycles. The molecule has 3 aromatic rings. The first-order chi connectivity index (χ1) is 15.6. The lowest BCUT2D eigenvalue weighted by Gasteiger charge is -2.27. The van der Waals surface area contributed by atoms with Crippen LogP contribution < -0.4 is 9.62 Å². The molecule has 0 fully saturated rings. The molecule has 2 unspecified atom stereocenters. The Morgan fingerprint density at radius 2 is 2.00 bits per heavy atom. The third kappa shape index (κ3) is 5.32. The second-order valence-corrected chi connectivity index (χ2v) is 9.94. The van der Waals surface area contributed by atoms with Crippen LogP contribution in [0.2, 0.25) is 5.02 Å². The monoisotopic (exact) mass is 496 g/mol. The van der Waals surface area contributed by atoms with Crippen molar-refractivity contribution < 1.29 is 17.9 Å². The van der Waals surface area contributed by atoms with Crippen molar-refractivity contribution in [2.45, 2.75) is 37.6 Å². The molecule has 178 valence electrons. The predicted molar refractivity (Wildman–Crippen MR) is 123 cm³/mol. The van der Waals surface area contributed by atoms with Crippen molar-refractivity contribution in [1.29, 1.82) is 0 Å². The van der Waals surface area contributed by atoms with Gasteiger partial charge in [-0.05, 0) is 54.8 Å². The van der Waals surface area contributed by atoms with E-state index in [2.05, 4.69) is 25.3 Å². The summed E-state index contributed by atoms with van der Waals surface area (Å²) in [5, 5.41) is 23.4. The normalized spacial score (nSPS) is 13.7. The minimum Gasteiger partial charge on any atom is -0.395 e. The van der Waals surface area contributed by atoms with E-state index in [0.717, 1.165) is 5.56 Å². The number of H-pyrrole nitrogens is 1. The van der Waals surface area contributed by atoms with Crippen LogP contribution in [0.15, 0.2) is 35.2 Å². The molecule has 0 aliphatic carbocycles. The van der Waals surface area contributed by atoms with E-state index in [-0.39, 0.29) is 23.9 Å². The Bertz CT molecular complexity index is 1220. The molecule has 3 rings (SSSR count). The molecule has 33 heavy (non-hydrogen) atoms. The molecule has 1 aromatic heterocycles. The van der Waals surface area contributed by atoms with Crippen molar-refractivity contribution in [3.8, 4) is 0 Å². The van der Waals surface area contributed by atoms with Gasteiger partial charge in [0, 0.05) is 24.5 Å². The summed E-state index contributed by atoms with van der Waals surface area (Å²) >= 11 is 6.10. The minimum absolute atomic E-state index is 0.0509. The summed E-state index contributed by atoms with van der Waals surface area (Å²) in [6.07, 6.45) is 0. The van der Waals surface area contributed by atoms with E-state index in [1.807, 2.05) is 6.92 Å². The summed E-state index contributed by atoms with van der Waals surface area (Å²) < 4.78 is 44.5. The van der Waals surface area contributed by atoms with E-state index in [0.29, 0.717) is 21.8 Å². The van der Waals surface area contributed by atoms with Gasteiger partial charge in [0.05, 0.1) is 18.3 Å². The highest BCUT2D eigenvalue weighted by molar-refractivity contribution is 7.89. The van der Waals surface area contributed by atoms with Gasteiger partial charge in [-0.2, -0.15) is 9.94 Å². The van der Waals surface area contributed by atoms with Crippen LogP contribution in [-0.4, -0.2) is 54.3 Å². The molecule has 0 saturated heterocycles. The number of benzene rings is 2. The van der Waals surface area contributed by atoms with Crippen molar-refractivity contribution in [1.82, 2.24) is 25.3 Å². The van der Waals surface area contributed by atoms with E-state index >= 15 is 0 Å². The van der Waals surface area contributed by atoms with Crippen LogP contribution in [0, 0.1) is 19.7 Å². The highest BCUT2D eigenvalue weighted by Crippen LogP contribution is 2.36. The maximum atomic E-state index is 14.9. The summed E-state index contributed by atoms with van der Waals surface area (Å²) in [7, 11) is -2.52. The Kier molecular flexibility index (Phi) is 7.68. The predicted octanol–water partition coefficient (Wildman–Crippen LogP) is 2.86. The summed E-state index contributed by atoms with van der Waals surface area (Å²) in [4.78, 5) is 1.53. The number of likely N-dealkylation sites (N-methyl/N-ethyl adjacent to an activating group) is 1. The van der Waals surface area contributed by atoms with Crippen LogP contribution in [0.1, 0.15) is 41.4 Å². The van der Waals surface area contributed by atoms with E-state index in [1.165, 1.54) is 24.3 Å².